The average Bonchev–Trinajstić information content (AvgIpc) is 2.01. The minimum absolute atomic E-state index is 0.567. The van der Waals surface area contributed by atoms with Crippen LogP contribution >= 0.6 is 0 Å². The fourth-order valence-corrected chi connectivity index (χ4v) is 0.674. The Bertz CT molecular complexity index is 281. The van der Waals surface area contributed by atoms with Gasteiger partial charge >= 0.3 is 0 Å². The molecule has 0 radical (unpaired) electrons. The third kappa shape index (κ3) is 2.29. The quantitative estimate of drug-likeness (QED) is 0.464. The molecule has 0 fully saturated rings. The molecule has 3 nitrogen and oxygen atoms in total. The number of carbonyl (C=O) groups excluding carboxylic acids is 1. The number of hydrogen-bond donors (Lipinski definition) is 0. The topological polar surface area (TPSA) is 42.9 Å². The van der Waals surface area contributed by atoms with Gasteiger partial charge < -0.3 is 0 Å². The van der Waals surface area contributed by atoms with Gasteiger partial charge in [-0.2, -0.15) is 0 Å². The lowest BCUT2D eigenvalue weighted by molar-refractivity contribution is -0.104. The van der Waals surface area contributed by atoms with Crippen molar-refractivity contribution in [2.24, 2.45) is 0 Å². The van der Waals surface area contributed by atoms with Crippen molar-refractivity contribution in [1.82, 2.24) is 9.97 Å². The lowest BCUT2D eigenvalue weighted by Crippen LogP contribution is -1.88. The molecule has 11 heavy (non-hydrogen) atoms. The molecule has 1 rings (SSSR count). The van der Waals surface area contributed by atoms with Crippen molar-refractivity contribution < 1.29 is 4.79 Å². The SMILES string of the molecule is Cc1ccnc(C=CC=O)n1. The number of nitrogens with zero attached hydrogens (tertiary/aromatic N) is 2. The first kappa shape index (κ1) is 7.60. The summed E-state index contributed by atoms with van der Waals surface area (Å²) in [6.45, 7) is 1.87. The monoisotopic (exact) mass is 148 g/mol. The van der Waals surface area contributed by atoms with E-state index in [1.165, 1.54) is 6.08 Å². The average molecular weight is 148 g/mol. The molecule has 0 spiro atoms. The Balaban J connectivity index is 2.87. The summed E-state index contributed by atoms with van der Waals surface area (Å²) in [7, 11) is 0. The van der Waals surface area contributed by atoms with Crippen LogP contribution in [-0.4, -0.2) is 16.3 Å². The molecule has 1 aromatic rings. The zero-order valence-corrected chi connectivity index (χ0v) is 6.19. The van der Waals surface area contributed by atoms with Crippen LogP contribution < -0.4 is 0 Å². The van der Waals surface area contributed by atoms with Crippen LogP contribution in [0, 0.1) is 6.92 Å². The fraction of sp³-hybridized carbons (Fsp3) is 0.125. The zero-order valence-electron chi connectivity index (χ0n) is 6.19. The molecule has 0 atom stereocenters. The Morgan fingerprint density at radius 2 is 2.36 bits per heavy atom. The smallest absolute Gasteiger partial charge is 0.152 e. The van der Waals surface area contributed by atoms with Crippen molar-refractivity contribution in [2.75, 3.05) is 0 Å². The lowest BCUT2D eigenvalue weighted by Gasteiger charge is -1.91. The van der Waals surface area contributed by atoms with E-state index in [2.05, 4.69) is 9.97 Å². The standard InChI is InChI=1S/C8H8N2O/c1-7-4-5-9-8(10-7)3-2-6-11/h2-6H,1H3. The summed E-state index contributed by atoms with van der Waals surface area (Å²) >= 11 is 0. The van der Waals surface area contributed by atoms with Crippen LogP contribution in [0.15, 0.2) is 18.3 Å². The van der Waals surface area contributed by atoms with Crippen LogP contribution in [0.5, 0.6) is 0 Å². The third-order valence-corrected chi connectivity index (χ3v) is 1.14. The summed E-state index contributed by atoms with van der Waals surface area (Å²) in [5.41, 5.74) is 0.894. The van der Waals surface area contributed by atoms with E-state index in [1.807, 2.05) is 6.92 Å². The molecule has 0 N–H and O–H groups in total. The maximum absolute atomic E-state index is 9.92. The van der Waals surface area contributed by atoms with Crippen LogP contribution in [0.25, 0.3) is 6.08 Å². The van der Waals surface area contributed by atoms with Gasteiger partial charge in [0.15, 0.2) is 5.82 Å². The second-order valence-corrected chi connectivity index (χ2v) is 2.05. The van der Waals surface area contributed by atoms with Crippen LogP contribution in [0.1, 0.15) is 11.5 Å². The Morgan fingerprint density at radius 3 is 3.00 bits per heavy atom. The van der Waals surface area contributed by atoms with E-state index in [4.69, 9.17) is 0 Å². The van der Waals surface area contributed by atoms with E-state index >= 15 is 0 Å². The molecular weight excluding hydrogens is 140 g/mol. The summed E-state index contributed by atoms with van der Waals surface area (Å²) in [5, 5.41) is 0. The van der Waals surface area contributed by atoms with Crippen LogP contribution in [0.3, 0.4) is 0 Å². The van der Waals surface area contributed by atoms with Gasteiger partial charge in [-0.25, -0.2) is 9.97 Å². The van der Waals surface area contributed by atoms with Gasteiger partial charge in [0.25, 0.3) is 0 Å². The molecule has 3 heteroatoms. The number of hydrogen-bond acceptors (Lipinski definition) is 3. The predicted molar refractivity (Wildman–Crippen MR) is 41.9 cm³/mol. The first-order chi connectivity index (χ1) is 5.33. The van der Waals surface area contributed by atoms with Crippen LogP contribution in [0.2, 0.25) is 0 Å². The van der Waals surface area contributed by atoms with E-state index in [0.29, 0.717) is 12.1 Å². The molecule has 0 aliphatic heterocycles. The maximum atomic E-state index is 9.92. The zero-order chi connectivity index (χ0) is 8.10. The lowest BCUT2D eigenvalue weighted by atomic mass is 10.4. The summed E-state index contributed by atoms with van der Waals surface area (Å²) in [6.07, 6.45) is 5.30. The van der Waals surface area contributed by atoms with Gasteiger partial charge in [-0.15, -0.1) is 0 Å². The number of aromatic nitrogens is 2. The van der Waals surface area contributed by atoms with Gasteiger partial charge in [-0.1, -0.05) is 0 Å². The summed E-state index contributed by atoms with van der Waals surface area (Å²) in [6, 6.07) is 1.80. The highest BCUT2D eigenvalue weighted by Gasteiger charge is 1.88. The van der Waals surface area contributed by atoms with Gasteiger partial charge in [0.1, 0.15) is 6.29 Å². The molecule has 0 unspecified atom stereocenters. The molecule has 0 aliphatic carbocycles. The van der Waals surface area contributed by atoms with Crippen molar-refractivity contribution in [1.29, 1.82) is 0 Å². The fourth-order valence-electron chi connectivity index (χ4n) is 0.674. The molecule has 0 aromatic carbocycles. The maximum Gasteiger partial charge on any atom is 0.152 e. The number of aldehydes is 1. The Kier molecular flexibility index (Phi) is 2.49. The number of aryl methyl sites for hydroxylation is 1. The normalized spacial score (nSPS) is 10.3. The molecule has 0 amide bonds. The molecule has 1 heterocycles. The summed E-state index contributed by atoms with van der Waals surface area (Å²) in [5.74, 6) is 0.567. The Hall–Kier alpha value is -1.51. The molecule has 0 aliphatic rings. The molecule has 0 saturated carbocycles. The highest BCUT2D eigenvalue weighted by atomic mass is 16.1. The Morgan fingerprint density at radius 1 is 1.55 bits per heavy atom. The summed E-state index contributed by atoms with van der Waals surface area (Å²) < 4.78 is 0. The first-order valence-corrected chi connectivity index (χ1v) is 3.24. The van der Waals surface area contributed by atoms with E-state index < -0.39 is 0 Å². The highest BCUT2D eigenvalue weighted by molar-refractivity contribution is 5.72. The molecule has 56 valence electrons. The largest absolute Gasteiger partial charge is 0.299 e. The van der Waals surface area contributed by atoms with Gasteiger partial charge in [-0.05, 0) is 25.1 Å². The number of allylic oxidation sites excluding steroid dienone is 1. The van der Waals surface area contributed by atoms with Crippen molar-refractivity contribution in [3.05, 3.63) is 29.9 Å². The van der Waals surface area contributed by atoms with Crippen molar-refractivity contribution in [3.63, 3.8) is 0 Å². The Labute approximate surface area is 64.8 Å². The summed E-state index contributed by atoms with van der Waals surface area (Å²) in [4.78, 5) is 17.9. The van der Waals surface area contributed by atoms with Crippen molar-refractivity contribution in [2.45, 2.75) is 6.92 Å². The second-order valence-electron chi connectivity index (χ2n) is 2.05. The van der Waals surface area contributed by atoms with E-state index in [-0.39, 0.29) is 0 Å². The van der Waals surface area contributed by atoms with E-state index in [0.717, 1.165) is 5.69 Å². The van der Waals surface area contributed by atoms with Crippen LogP contribution in [-0.2, 0) is 4.79 Å². The minimum Gasteiger partial charge on any atom is -0.299 e. The highest BCUT2D eigenvalue weighted by Crippen LogP contribution is 1.94. The van der Waals surface area contributed by atoms with Gasteiger partial charge in [0.2, 0.25) is 0 Å². The first-order valence-electron chi connectivity index (χ1n) is 3.24. The number of rotatable bonds is 2. The van der Waals surface area contributed by atoms with Crippen molar-refractivity contribution in [3.8, 4) is 0 Å². The second kappa shape index (κ2) is 3.61. The minimum atomic E-state index is 0.567. The van der Waals surface area contributed by atoms with Crippen LogP contribution in [0.4, 0.5) is 0 Å². The van der Waals surface area contributed by atoms with E-state index in [1.54, 1.807) is 18.3 Å². The molecule has 1 aromatic heterocycles. The number of carbonyl (C=O) groups is 1. The molecule has 0 saturated heterocycles. The molecule has 0 bridgehead atoms. The van der Waals surface area contributed by atoms with Gasteiger partial charge in [0.05, 0.1) is 0 Å². The van der Waals surface area contributed by atoms with Gasteiger partial charge in [0, 0.05) is 11.9 Å². The van der Waals surface area contributed by atoms with E-state index in [9.17, 15) is 4.79 Å². The third-order valence-electron chi connectivity index (χ3n) is 1.14. The predicted octanol–water partition coefficient (Wildman–Crippen LogP) is 0.997. The van der Waals surface area contributed by atoms with Crippen molar-refractivity contribution >= 4 is 12.4 Å². The van der Waals surface area contributed by atoms with Gasteiger partial charge in [-0.3, -0.25) is 4.79 Å². The molecular formula is C8H8N2O.